The predicted molar refractivity (Wildman–Crippen MR) is 129 cm³/mol. The molecule has 3 fully saturated rings. The van der Waals surface area contributed by atoms with Crippen LogP contribution in [0.4, 0.5) is 0 Å². The average Bonchev–Trinajstić information content (AvgIpc) is 3.25. The summed E-state index contributed by atoms with van der Waals surface area (Å²) in [7, 11) is 0. The Labute approximate surface area is 190 Å². The molecule has 0 bridgehead atoms. The van der Waals surface area contributed by atoms with Crippen LogP contribution >= 0.6 is 24.0 Å². The number of hydrogen-bond acceptors (Lipinski definition) is 2. The molecule has 29 heavy (non-hydrogen) atoms. The van der Waals surface area contributed by atoms with Gasteiger partial charge in [-0.3, -0.25) is 4.99 Å². The standard InChI is InChI=1S/C23H32N4O.HI/c1-3-24-22(27-20-18-9-13-28-21(18)23(20)10-5-11-23)25-12-8-16-14-26-19-15(2)6-4-7-17(16)19;/h4,6-7,14,18,20-21,26H,3,5,8-13H2,1-2H3,(H2,24,25,27);1H. The summed E-state index contributed by atoms with van der Waals surface area (Å²) in [5.74, 6) is 1.64. The van der Waals surface area contributed by atoms with Crippen molar-refractivity contribution in [3.8, 4) is 0 Å². The van der Waals surface area contributed by atoms with Gasteiger partial charge in [0.15, 0.2) is 5.96 Å². The maximum atomic E-state index is 6.06. The minimum atomic E-state index is 0. The third-order valence-corrected chi connectivity index (χ3v) is 7.33. The molecule has 3 atom stereocenters. The number of halogens is 1. The number of para-hydroxylation sites is 1. The van der Waals surface area contributed by atoms with Gasteiger partial charge in [-0.15, -0.1) is 24.0 Å². The SMILES string of the molecule is CCNC(=NCCc1c[nH]c2c(C)cccc12)NC1C2CCOC2C12CCC2.I. The van der Waals surface area contributed by atoms with Crippen molar-refractivity contribution < 1.29 is 4.74 Å². The average molecular weight is 508 g/mol. The number of ether oxygens (including phenoxy) is 1. The summed E-state index contributed by atoms with van der Waals surface area (Å²) in [6, 6.07) is 7.03. The van der Waals surface area contributed by atoms with Crippen LogP contribution in [0.2, 0.25) is 0 Å². The van der Waals surface area contributed by atoms with Crippen molar-refractivity contribution in [2.45, 2.75) is 58.1 Å². The molecule has 3 unspecified atom stereocenters. The minimum absolute atomic E-state index is 0. The van der Waals surface area contributed by atoms with Crippen LogP contribution in [0.1, 0.15) is 43.7 Å². The van der Waals surface area contributed by atoms with Gasteiger partial charge in [0.25, 0.3) is 0 Å². The Hall–Kier alpha value is -1.28. The molecule has 158 valence electrons. The number of rotatable bonds is 5. The molecule has 1 spiro atoms. The zero-order chi connectivity index (χ0) is 19.1. The number of aromatic amines is 1. The fraction of sp³-hybridized carbons (Fsp3) is 0.609. The molecule has 1 aromatic heterocycles. The number of benzene rings is 1. The molecule has 2 heterocycles. The molecule has 1 saturated heterocycles. The first kappa shape index (κ1) is 21.0. The number of aromatic nitrogens is 1. The Balaban J connectivity index is 0.00000205. The molecule has 0 radical (unpaired) electrons. The number of guanidine groups is 1. The van der Waals surface area contributed by atoms with Gasteiger partial charge in [0.05, 0.1) is 6.10 Å². The van der Waals surface area contributed by atoms with E-state index in [4.69, 9.17) is 9.73 Å². The van der Waals surface area contributed by atoms with Crippen molar-refractivity contribution in [1.29, 1.82) is 0 Å². The van der Waals surface area contributed by atoms with Crippen molar-refractivity contribution >= 4 is 40.8 Å². The summed E-state index contributed by atoms with van der Waals surface area (Å²) < 4.78 is 6.06. The smallest absolute Gasteiger partial charge is 0.191 e. The van der Waals surface area contributed by atoms with E-state index in [1.165, 1.54) is 47.7 Å². The monoisotopic (exact) mass is 508 g/mol. The van der Waals surface area contributed by atoms with Crippen LogP contribution in [0.5, 0.6) is 0 Å². The van der Waals surface area contributed by atoms with Crippen molar-refractivity contribution in [1.82, 2.24) is 15.6 Å². The topological polar surface area (TPSA) is 61.4 Å². The van der Waals surface area contributed by atoms with E-state index < -0.39 is 0 Å². The van der Waals surface area contributed by atoms with Crippen LogP contribution < -0.4 is 10.6 Å². The van der Waals surface area contributed by atoms with Crippen molar-refractivity contribution in [3.05, 3.63) is 35.5 Å². The van der Waals surface area contributed by atoms with Gasteiger partial charge in [-0.1, -0.05) is 24.6 Å². The Kier molecular flexibility index (Phi) is 6.11. The zero-order valence-electron chi connectivity index (χ0n) is 17.5. The highest BCUT2D eigenvalue weighted by Crippen LogP contribution is 2.62. The predicted octanol–water partition coefficient (Wildman–Crippen LogP) is 4.15. The van der Waals surface area contributed by atoms with Crippen molar-refractivity contribution in [3.63, 3.8) is 0 Å². The quantitative estimate of drug-likeness (QED) is 0.323. The number of fused-ring (bicyclic) bond motifs is 3. The Morgan fingerprint density at radius 1 is 1.34 bits per heavy atom. The Bertz CT molecular complexity index is 888. The molecule has 1 aliphatic heterocycles. The van der Waals surface area contributed by atoms with Gasteiger partial charge in [0.2, 0.25) is 0 Å². The van der Waals surface area contributed by atoms with Crippen LogP contribution in [-0.4, -0.2) is 42.8 Å². The summed E-state index contributed by atoms with van der Waals surface area (Å²) in [5.41, 5.74) is 4.28. The Morgan fingerprint density at radius 2 is 2.21 bits per heavy atom. The van der Waals surface area contributed by atoms with E-state index in [2.05, 4.69) is 53.9 Å². The highest BCUT2D eigenvalue weighted by molar-refractivity contribution is 14.0. The number of aryl methyl sites for hydroxylation is 1. The lowest BCUT2D eigenvalue weighted by atomic mass is 9.46. The Morgan fingerprint density at radius 3 is 2.97 bits per heavy atom. The first-order chi connectivity index (χ1) is 13.7. The van der Waals surface area contributed by atoms with Crippen molar-refractivity contribution in [2.24, 2.45) is 16.3 Å². The molecular weight excluding hydrogens is 475 g/mol. The number of nitrogens with zero attached hydrogens (tertiary/aromatic N) is 1. The molecule has 1 aromatic carbocycles. The summed E-state index contributed by atoms with van der Waals surface area (Å²) in [4.78, 5) is 8.35. The summed E-state index contributed by atoms with van der Waals surface area (Å²) >= 11 is 0. The lowest BCUT2D eigenvalue weighted by molar-refractivity contribution is -0.171. The lowest BCUT2D eigenvalue weighted by Gasteiger charge is -2.63. The van der Waals surface area contributed by atoms with E-state index in [0.717, 1.165) is 32.1 Å². The van der Waals surface area contributed by atoms with Gasteiger partial charge in [0, 0.05) is 54.2 Å². The number of hydrogen-bond donors (Lipinski definition) is 3. The molecule has 6 heteroatoms. The maximum absolute atomic E-state index is 6.06. The van der Waals surface area contributed by atoms with E-state index in [-0.39, 0.29) is 24.0 Å². The summed E-state index contributed by atoms with van der Waals surface area (Å²) in [5, 5.41) is 8.59. The molecule has 3 aliphatic rings. The van der Waals surface area contributed by atoms with Crippen LogP contribution in [0, 0.1) is 18.3 Å². The zero-order valence-corrected chi connectivity index (χ0v) is 19.8. The van der Waals surface area contributed by atoms with E-state index >= 15 is 0 Å². The molecule has 5 rings (SSSR count). The van der Waals surface area contributed by atoms with Crippen LogP contribution in [-0.2, 0) is 11.2 Å². The first-order valence-electron chi connectivity index (χ1n) is 10.9. The van der Waals surface area contributed by atoms with Gasteiger partial charge >= 0.3 is 0 Å². The summed E-state index contributed by atoms with van der Waals surface area (Å²) in [6.07, 6.45) is 8.74. The third kappa shape index (κ3) is 3.46. The van der Waals surface area contributed by atoms with E-state index in [1.54, 1.807) is 0 Å². The van der Waals surface area contributed by atoms with Crippen LogP contribution in [0.3, 0.4) is 0 Å². The first-order valence-corrected chi connectivity index (χ1v) is 10.9. The highest BCUT2D eigenvalue weighted by atomic mass is 127. The maximum Gasteiger partial charge on any atom is 0.191 e. The number of H-pyrrole nitrogens is 1. The van der Waals surface area contributed by atoms with E-state index in [0.29, 0.717) is 23.5 Å². The number of nitrogens with one attached hydrogen (secondary N) is 3. The van der Waals surface area contributed by atoms with Crippen LogP contribution in [0.25, 0.3) is 10.9 Å². The molecule has 2 aromatic rings. The molecular formula is C23H33IN4O. The highest BCUT2D eigenvalue weighted by Gasteiger charge is 2.66. The van der Waals surface area contributed by atoms with Gasteiger partial charge < -0.3 is 20.4 Å². The lowest BCUT2D eigenvalue weighted by Crippen LogP contribution is -2.72. The van der Waals surface area contributed by atoms with Gasteiger partial charge in [-0.2, -0.15) is 0 Å². The second kappa shape index (κ2) is 8.46. The fourth-order valence-electron chi connectivity index (χ4n) is 5.78. The number of aliphatic imine (C=N–C) groups is 1. The van der Waals surface area contributed by atoms with Gasteiger partial charge in [-0.05, 0) is 50.7 Å². The van der Waals surface area contributed by atoms with E-state index in [1.807, 2.05) is 0 Å². The molecule has 0 amide bonds. The molecule has 2 saturated carbocycles. The normalized spacial score (nSPS) is 27.1. The fourth-order valence-corrected chi connectivity index (χ4v) is 5.78. The largest absolute Gasteiger partial charge is 0.377 e. The van der Waals surface area contributed by atoms with Crippen LogP contribution in [0.15, 0.2) is 29.4 Å². The van der Waals surface area contributed by atoms with E-state index in [9.17, 15) is 0 Å². The minimum Gasteiger partial charge on any atom is -0.377 e. The van der Waals surface area contributed by atoms with Gasteiger partial charge in [0.1, 0.15) is 0 Å². The molecule has 2 aliphatic carbocycles. The van der Waals surface area contributed by atoms with Gasteiger partial charge in [-0.25, -0.2) is 0 Å². The second-order valence-corrected chi connectivity index (χ2v) is 8.77. The third-order valence-electron chi connectivity index (χ3n) is 7.33. The second-order valence-electron chi connectivity index (χ2n) is 8.77. The summed E-state index contributed by atoms with van der Waals surface area (Å²) in [6.45, 7) is 6.91. The van der Waals surface area contributed by atoms with Crippen molar-refractivity contribution in [2.75, 3.05) is 19.7 Å². The molecule has 3 N–H and O–H groups in total. The molecule has 5 nitrogen and oxygen atoms in total.